The molecule has 0 radical (unpaired) electrons. The molecule has 3 aliphatic rings. The number of aromatic amines is 1. The molecule has 2 amide bonds. The molecule has 2 saturated heterocycles. The molecule has 0 aromatic carbocycles. The van der Waals surface area contributed by atoms with Crippen molar-refractivity contribution >= 4 is 11.8 Å². The highest BCUT2D eigenvalue weighted by molar-refractivity contribution is 5.83. The van der Waals surface area contributed by atoms with Crippen LogP contribution in [-0.2, 0) is 20.7 Å². The van der Waals surface area contributed by atoms with Gasteiger partial charge in [-0.05, 0) is 31.6 Å². The van der Waals surface area contributed by atoms with Crippen LogP contribution < -0.4 is 0 Å². The second-order valence-electron chi connectivity index (χ2n) is 7.59. The fourth-order valence-electron chi connectivity index (χ4n) is 4.24. The van der Waals surface area contributed by atoms with Gasteiger partial charge in [-0.2, -0.15) is 0 Å². The Kier molecular flexibility index (Phi) is 4.27. The van der Waals surface area contributed by atoms with Crippen molar-refractivity contribution < 1.29 is 14.3 Å². The van der Waals surface area contributed by atoms with Crippen LogP contribution >= 0.6 is 0 Å². The Balaban J connectivity index is 1.28. The zero-order valence-corrected chi connectivity index (χ0v) is 14.8. The van der Waals surface area contributed by atoms with E-state index < -0.39 is 0 Å². The normalized spacial score (nSPS) is 25.2. The van der Waals surface area contributed by atoms with Crippen LogP contribution in [0.4, 0.5) is 0 Å². The van der Waals surface area contributed by atoms with E-state index in [2.05, 4.69) is 9.97 Å². The largest absolute Gasteiger partial charge is 0.381 e. The lowest BCUT2D eigenvalue weighted by molar-refractivity contribution is -0.140. The van der Waals surface area contributed by atoms with E-state index >= 15 is 0 Å². The molecule has 1 atom stereocenters. The van der Waals surface area contributed by atoms with Crippen molar-refractivity contribution in [2.24, 2.45) is 11.3 Å². The van der Waals surface area contributed by atoms with E-state index in [9.17, 15) is 9.59 Å². The zero-order valence-electron chi connectivity index (χ0n) is 14.8. The third-order valence-electron chi connectivity index (χ3n) is 6.17. The molecule has 1 unspecified atom stereocenters. The van der Waals surface area contributed by atoms with E-state index in [0.29, 0.717) is 32.6 Å². The quantitative estimate of drug-likeness (QED) is 0.876. The van der Waals surface area contributed by atoms with Gasteiger partial charge >= 0.3 is 0 Å². The number of ether oxygens (including phenoxy) is 1. The standard InChI is InChI=1S/C18H26N4O3/c1-13-15(20-12-19-13)10-16(23)21-4-6-22(7-5-21)17(24)14-11-18(14)2-8-25-9-3-18/h12,14H,2-11H2,1H3,(H,19,20). The highest BCUT2D eigenvalue weighted by Crippen LogP contribution is 2.59. The summed E-state index contributed by atoms with van der Waals surface area (Å²) in [6.07, 6.45) is 5.01. The molecule has 1 aromatic heterocycles. The number of rotatable bonds is 3. The molecule has 7 heteroatoms. The number of hydrogen-bond acceptors (Lipinski definition) is 4. The first-order valence-corrected chi connectivity index (χ1v) is 9.22. The molecule has 1 N–H and O–H groups in total. The zero-order chi connectivity index (χ0) is 17.4. The molecule has 2 aliphatic heterocycles. The minimum Gasteiger partial charge on any atom is -0.381 e. The topological polar surface area (TPSA) is 78.5 Å². The van der Waals surface area contributed by atoms with Crippen molar-refractivity contribution in [3.63, 3.8) is 0 Å². The Morgan fingerprint density at radius 2 is 1.92 bits per heavy atom. The van der Waals surface area contributed by atoms with Gasteiger partial charge < -0.3 is 19.5 Å². The molecular formula is C18H26N4O3. The molecule has 7 nitrogen and oxygen atoms in total. The molecule has 1 saturated carbocycles. The number of imidazole rings is 1. The van der Waals surface area contributed by atoms with Crippen LogP contribution in [0.3, 0.4) is 0 Å². The minimum absolute atomic E-state index is 0.0922. The molecule has 1 spiro atoms. The van der Waals surface area contributed by atoms with Crippen LogP contribution in [0.15, 0.2) is 6.33 Å². The summed E-state index contributed by atoms with van der Waals surface area (Å²) in [5.74, 6) is 0.567. The van der Waals surface area contributed by atoms with E-state index in [1.807, 2.05) is 16.7 Å². The fraction of sp³-hybridized carbons (Fsp3) is 0.722. The van der Waals surface area contributed by atoms with Crippen LogP contribution in [0.1, 0.15) is 30.7 Å². The van der Waals surface area contributed by atoms with E-state index in [1.165, 1.54) is 0 Å². The molecule has 136 valence electrons. The summed E-state index contributed by atoms with van der Waals surface area (Å²) in [4.78, 5) is 36.2. The van der Waals surface area contributed by atoms with Crippen LogP contribution in [0.25, 0.3) is 0 Å². The molecule has 25 heavy (non-hydrogen) atoms. The number of carbonyl (C=O) groups is 2. The van der Waals surface area contributed by atoms with Crippen LogP contribution in [0, 0.1) is 18.3 Å². The number of hydrogen-bond donors (Lipinski definition) is 1. The highest BCUT2D eigenvalue weighted by Gasteiger charge is 2.59. The highest BCUT2D eigenvalue weighted by atomic mass is 16.5. The van der Waals surface area contributed by atoms with Gasteiger partial charge in [0.1, 0.15) is 0 Å². The Hall–Kier alpha value is -1.89. The van der Waals surface area contributed by atoms with Crippen LogP contribution in [0.5, 0.6) is 0 Å². The smallest absolute Gasteiger partial charge is 0.228 e. The van der Waals surface area contributed by atoms with Gasteiger partial charge in [0.25, 0.3) is 0 Å². The molecule has 4 rings (SSSR count). The van der Waals surface area contributed by atoms with Crippen molar-refractivity contribution in [1.29, 1.82) is 0 Å². The lowest BCUT2D eigenvalue weighted by Gasteiger charge is -2.35. The Bertz CT molecular complexity index is 657. The first kappa shape index (κ1) is 16.6. The predicted octanol–water partition coefficient (Wildman–Crippen LogP) is 0.748. The molecular weight excluding hydrogens is 320 g/mol. The molecule has 3 fully saturated rings. The summed E-state index contributed by atoms with van der Waals surface area (Å²) in [7, 11) is 0. The minimum atomic E-state index is 0.0922. The van der Waals surface area contributed by atoms with Gasteiger partial charge in [0.2, 0.25) is 11.8 Å². The van der Waals surface area contributed by atoms with Crippen molar-refractivity contribution in [2.75, 3.05) is 39.4 Å². The number of aryl methyl sites for hydroxylation is 1. The second-order valence-corrected chi connectivity index (χ2v) is 7.59. The van der Waals surface area contributed by atoms with E-state index in [1.54, 1.807) is 6.33 Å². The number of nitrogens with zero attached hydrogens (tertiary/aromatic N) is 3. The first-order valence-electron chi connectivity index (χ1n) is 9.22. The van der Waals surface area contributed by atoms with E-state index in [0.717, 1.165) is 43.9 Å². The van der Waals surface area contributed by atoms with Crippen LogP contribution in [-0.4, -0.2) is 71.0 Å². The summed E-state index contributed by atoms with van der Waals surface area (Å²) in [5, 5.41) is 0. The number of aromatic nitrogens is 2. The van der Waals surface area contributed by atoms with Gasteiger partial charge in [0.15, 0.2) is 0 Å². The third kappa shape index (κ3) is 3.17. The lowest BCUT2D eigenvalue weighted by Crippen LogP contribution is -2.51. The Labute approximate surface area is 147 Å². The summed E-state index contributed by atoms with van der Waals surface area (Å²) in [5.41, 5.74) is 1.97. The van der Waals surface area contributed by atoms with Gasteiger partial charge in [-0.25, -0.2) is 4.98 Å². The fourth-order valence-corrected chi connectivity index (χ4v) is 4.24. The lowest BCUT2D eigenvalue weighted by atomic mass is 9.93. The van der Waals surface area contributed by atoms with Gasteiger partial charge in [0.05, 0.1) is 18.4 Å². The van der Waals surface area contributed by atoms with Crippen molar-refractivity contribution in [2.45, 2.75) is 32.6 Å². The summed E-state index contributed by atoms with van der Waals surface area (Å²) < 4.78 is 5.43. The first-order chi connectivity index (χ1) is 12.1. The average molecular weight is 346 g/mol. The van der Waals surface area contributed by atoms with Crippen molar-refractivity contribution in [3.05, 3.63) is 17.7 Å². The number of nitrogens with one attached hydrogen (secondary N) is 1. The van der Waals surface area contributed by atoms with E-state index in [4.69, 9.17) is 4.74 Å². The number of piperazine rings is 1. The Morgan fingerprint density at radius 3 is 2.56 bits per heavy atom. The number of H-pyrrole nitrogens is 1. The summed E-state index contributed by atoms with van der Waals surface area (Å²) in [6.45, 7) is 6.04. The maximum absolute atomic E-state index is 12.8. The SMILES string of the molecule is Cc1[nH]cnc1CC(=O)N1CCN(C(=O)C2CC23CCOCC3)CC1. The Morgan fingerprint density at radius 1 is 1.24 bits per heavy atom. The molecule has 1 aromatic rings. The summed E-state index contributed by atoms with van der Waals surface area (Å²) >= 11 is 0. The van der Waals surface area contributed by atoms with Crippen LogP contribution in [0.2, 0.25) is 0 Å². The summed E-state index contributed by atoms with van der Waals surface area (Å²) in [6, 6.07) is 0. The molecule has 1 aliphatic carbocycles. The van der Waals surface area contributed by atoms with E-state index in [-0.39, 0.29) is 23.1 Å². The van der Waals surface area contributed by atoms with Crippen molar-refractivity contribution in [1.82, 2.24) is 19.8 Å². The maximum Gasteiger partial charge on any atom is 0.228 e. The monoisotopic (exact) mass is 346 g/mol. The van der Waals surface area contributed by atoms with Gasteiger partial charge in [0, 0.05) is 51.0 Å². The number of amides is 2. The molecule has 3 heterocycles. The van der Waals surface area contributed by atoms with Crippen molar-refractivity contribution in [3.8, 4) is 0 Å². The van der Waals surface area contributed by atoms with Gasteiger partial charge in [-0.15, -0.1) is 0 Å². The number of carbonyl (C=O) groups excluding carboxylic acids is 2. The van der Waals surface area contributed by atoms with Gasteiger partial charge in [-0.3, -0.25) is 9.59 Å². The third-order valence-corrected chi connectivity index (χ3v) is 6.17. The second kappa shape index (κ2) is 6.44. The van der Waals surface area contributed by atoms with Gasteiger partial charge in [-0.1, -0.05) is 0 Å². The molecule has 0 bridgehead atoms. The average Bonchev–Trinajstić information content (AvgIpc) is 3.17. The predicted molar refractivity (Wildman–Crippen MR) is 90.8 cm³/mol. The maximum atomic E-state index is 12.8.